The van der Waals surface area contributed by atoms with E-state index >= 15 is 0 Å². The van der Waals surface area contributed by atoms with Crippen LogP contribution in [0.5, 0.6) is 11.5 Å². The standard InChI is InChI=1S/C13H13Cl2N3O2/c1-7-4-12(18-13(15)16-7)17-9-5-8(14)10(19-2)6-11(9)20-3/h4-6H,1-3H3,(H,16,17,18). The van der Waals surface area contributed by atoms with Crippen LogP contribution in [0.4, 0.5) is 11.5 Å². The minimum atomic E-state index is 0.172. The topological polar surface area (TPSA) is 56.3 Å². The van der Waals surface area contributed by atoms with E-state index in [2.05, 4.69) is 15.3 Å². The molecule has 0 fully saturated rings. The lowest BCUT2D eigenvalue weighted by atomic mass is 10.2. The van der Waals surface area contributed by atoms with Gasteiger partial charge in [-0.2, -0.15) is 0 Å². The van der Waals surface area contributed by atoms with Gasteiger partial charge in [-0.05, 0) is 24.6 Å². The first-order valence-corrected chi connectivity index (χ1v) is 6.49. The maximum absolute atomic E-state index is 6.11. The first-order chi connectivity index (χ1) is 9.53. The van der Waals surface area contributed by atoms with Crippen molar-refractivity contribution >= 4 is 34.7 Å². The van der Waals surface area contributed by atoms with Gasteiger partial charge < -0.3 is 14.8 Å². The number of halogens is 2. The third kappa shape index (κ3) is 3.23. The number of rotatable bonds is 4. The SMILES string of the molecule is COc1cc(OC)c(Nc2cc(C)nc(Cl)n2)cc1Cl. The van der Waals surface area contributed by atoms with Crippen LogP contribution in [0.25, 0.3) is 0 Å². The van der Waals surface area contributed by atoms with Crippen molar-refractivity contribution in [1.82, 2.24) is 9.97 Å². The molecule has 1 aromatic heterocycles. The second-order valence-corrected chi connectivity index (χ2v) is 4.72. The number of benzene rings is 1. The zero-order chi connectivity index (χ0) is 14.7. The quantitative estimate of drug-likeness (QED) is 0.869. The Morgan fingerprint density at radius 2 is 1.70 bits per heavy atom. The Labute approximate surface area is 126 Å². The molecule has 0 radical (unpaired) electrons. The van der Waals surface area contributed by atoms with E-state index in [1.165, 1.54) is 0 Å². The van der Waals surface area contributed by atoms with Crippen molar-refractivity contribution in [2.75, 3.05) is 19.5 Å². The first kappa shape index (κ1) is 14.7. The van der Waals surface area contributed by atoms with Gasteiger partial charge in [0.2, 0.25) is 5.28 Å². The zero-order valence-corrected chi connectivity index (χ0v) is 12.7. The van der Waals surface area contributed by atoms with Crippen molar-refractivity contribution in [2.24, 2.45) is 0 Å². The molecular weight excluding hydrogens is 301 g/mol. The summed E-state index contributed by atoms with van der Waals surface area (Å²) in [6.07, 6.45) is 0. The number of aromatic nitrogens is 2. The Balaban J connectivity index is 2.39. The lowest BCUT2D eigenvalue weighted by Gasteiger charge is -2.13. The summed E-state index contributed by atoms with van der Waals surface area (Å²) in [6.45, 7) is 1.83. The molecule has 2 rings (SSSR count). The predicted octanol–water partition coefficient (Wildman–Crippen LogP) is 3.85. The molecule has 20 heavy (non-hydrogen) atoms. The normalized spacial score (nSPS) is 10.2. The van der Waals surface area contributed by atoms with Crippen molar-refractivity contribution in [1.29, 1.82) is 0 Å². The lowest BCUT2D eigenvalue weighted by molar-refractivity contribution is 0.396. The van der Waals surface area contributed by atoms with Gasteiger partial charge in [-0.1, -0.05) is 11.6 Å². The molecule has 0 saturated heterocycles. The second kappa shape index (κ2) is 6.15. The van der Waals surface area contributed by atoms with Gasteiger partial charge in [0.15, 0.2) is 0 Å². The molecule has 0 spiro atoms. The lowest BCUT2D eigenvalue weighted by Crippen LogP contribution is -1.99. The molecule has 0 aliphatic heterocycles. The number of ether oxygens (including phenoxy) is 2. The average Bonchev–Trinajstić information content (AvgIpc) is 2.38. The molecule has 2 aromatic rings. The van der Waals surface area contributed by atoms with Crippen LogP contribution in [0, 0.1) is 6.92 Å². The van der Waals surface area contributed by atoms with Crippen LogP contribution in [-0.4, -0.2) is 24.2 Å². The first-order valence-electron chi connectivity index (χ1n) is 5.73. The van der Waals surface area contributed by atoms with Gasteiger partial charge in [0, 0.05) is 17.8 Å². The number of hydrogen-bond acceptors (Lipinski definition) is 5. The van der Waals surface area contributed by atoms with E-state index in [0.29, 0.717) is 28.0 Å². The maximum atomic E-state index is 6.11. The highest BCUT2D eigenvalue weighted by atomic mass is 35.5. The highest BCUT2D eigenvalue weighted by Crippen LogP contribution is 2.37. The molecule has 0 unspecified atom stereocenters. The van der Waals surface area contributed by atoms with E-state index in [1.807, 2.05) is 6.92 Å². The molecule has 0 atom stereocenters. The van der Waals surface area contributed by atoms with E-state index in [9.17, 15) is 0 Å². The summed E-state index contributed by atoms with van der Waals surface area (Å²) in [4.78, 5) is 8.09. The number of methoxy groups -OCH3 is 2. The van der Waals surface area contributed by atoms with Crippen LogP contribution in [-0.2, 0) is 0 Å². The number of nitrogens with zero attached hydrogens (tertiary/aromatic N) is 2. The molecule has 5 nitrogen and oxygen atoms in total. The highest BCUT2D eigenvalue weighted by molar-refractivity contribution is 6.32. The van der Waals surface area contributed by atoms with Crippen molar-refractivity contribution in [3.8, 4) is 11.5 Å². The number of aryl methyl sites for hydroxylation is 1. The number of nitrogens with one attached hydrogen (secondary N) is 1. The largest absolute Gasteiger partial charge is 0.495 e. The Bertz CT molecular complexity index is 615. The predicted molar refractivity (Wildman–Crippen MR) is 79.6 cm³/mol. The van der Waals surface area contributed by atoms with Crippen LogP contribution in [0.2, 0.25) is 10.3 Å². The van der Waals surface area contributed by atoms with Crippen LogP contribution in [0.1, 0.15) is 5.69 Å². The Morgan fingerprint density at radius 3 is 2.30 bits per heavy atom. The molecule has 106 valence electrons. The maximum Gasteiger partial charge on any atom is 0.224 e. The Kier molecular flexibility index (Phi) is 4.52. The number of hydrogen-bond donors (Lipinski definition) is 1. The Morgan fingerprint density at radius 1 is 1.00 bits per heavy atom. The molecule has 0 saturated carbocycles. The molecule has 0 aliphatic rings. The fourth-order valence-electron chi connectivity index (χ4n) is 1.69. The zero-order valence-electron chi connectivity index (χ0n) is 11.2. The molecule has 0 bridgehead atoms. The summed E-state index contributed by atoms with van der Waals surface area (Å²) in [7, 11) is 3.10. The monoisotopic (exact) mass is 313 g/mol. The van der Waals surface area contributed by atoms with Gasteiger partial charge in [0.05, 0.1) is 24.9 Å². The third-order valence-corrected chi connectivity index (χ3v) is 3.03. The van der Waals surface area contributed by atoms with E-state index in [1.54, 1.807) is 32.4 Å². The third-order valence-electron chi connectivity index (χ3n) is 2.56. The van der Waals surface area contributed by atoms with Crippen LogP contribution >= 0.6 is 23.2 Å². The minimum absolute atomic E-state index is 0.172. The van der Waals surface area contributed by atoms with Gasteiger partial charge in [-0.25, -0.2) is 9.97 Å². The van der Waals surface area contributed by atoms with E-state index in [0.717, 1.165) is 5.69 Å². The van der Waals surface area contributed by atoms with E-state index < -0.39 is 0 Å². The molecule has 0 amide bonds. The fraction of sp³-hybridized carbons (Fsp3) is 0.231. The van der Waals surface area contributed by atoms with Crippen molar-refractivity contribution in [3.63, 3.8) is 0 Å². The van der Waals surface area contributed by atoms with Gasteiger partial charge in [0.1, 0.15) is 17.3 Å². The summed E-state index contributed by atoms with van der Waals surface area (Å²) in [5, 5.41) is 3.73. The van der Waals surface area contributed by atoms with Gasteiger partial charge >= 0.3 is 0 Å². The molecule has 1 aromatic carbocycles. The molecule has 0 aliphatic carbocycles. The van der Waals surface area contributed by atoms with Gasteiger partial charge in [-0.15, -0.1) is 0 Å². The van der Waals surface area contributed by atoms with Crippen LogP contribution < -0.4 is 14.8 Å². The summed E-state index contributed by atoms with van der Waals surface area (Å²) in [5.74, 6) is 1.67. The molecule has 1 heterocycles. The fourth-order valence-corrected chi connectivity index (χ4v) is 2.16. The van der Waals surface area contributed by atoms with Gasteiger partial charge in [-0.3, -0.25) is 0 Å². The minimum Gasteiger partial charge on any atom is -0.495 e. The van der Waals surface area contributed by atoms with E-state index in [4.69, 9.17) is 32.7 Å². The average molecular weight is 314 g/mol. The van der Waals surface area contributed by atoms with Crippen LogP contribution in [0.3, 0.4) is 0 Å². The highest BCUT2D eigenvalue weighted by Gasteiger charge is 2.11. The van der Waals surface area contributed by atoms with Crippen molar-refractivity contribution in [3.05, 3.63) is 34.2 Å². The van der Waals surface area contributed by atoms with E-state index in [-0.39, 0.29) is 5.28 Å². The smallest absolute Gasteiger partial charge is 0.224 e. The molecule has 1 N–H and O–H groups in total. The molecule has 7 heteroatoms. The summed E-state index contributed by atoms with van der Waals surface area (Å²) in [5.41, 5.74) is 1.42. The van der Waals surface area contributed by atoms with Crippen molar-refractivity contribution in [2.45, 2.75) is 6.92 Å². The van der Waals surface area contributed by atoms with Crippen LogP contribution in [0.15, 0.2) is 18.2 Å². The van der Waals surface area contributed by atoms with Gasteiger partial charge in [0.25, 0.3) is 0 Å². The summed E-state index contributed by atoms with van der Waals surface area (Å²) in [6, 6.07) is 5.16. The Hall–Kier alpha value is -1.72. The second-order valence-electron chi connectivity index (χ2n) is 3.98. The number of anilines is 2. The summed E-state index contributed by atoms with van der Waals surface area (Å²) >= 11 is 11.9. The van der Waals surface area contributed by atoms with Crippen molar-refractivity contribution < 1.29 is 9.47 Å². The summed E-state index contributed by atoms with van der Waals surface area (Å²) < 4.78 is 10.4. The molecular formula is C13H13Cl2N3O2.